The van der Waals surface area contributed by atoms with Crippen molar-refractivity contribution in [2.75, 3.05) is 19.6 Å². The van der Waals surface area contributed by atoms with E-state index >= 15 is 0 Å². The Morgan fingerprint density at radius 1 is 1.26 bits per heavy atom. The first-order valence-corrected chi connectivity index (χ1v) is 10.4. The highest BCUT2D eigenvalue weighted by Gasteiger charge is 2.56. The van der Waals surface area contributed by atoms with E-state index in [2.05, 4.69) is 20.4 Å². The van der Waals surface area contributed by atoms with Crippen molar-refractivity contribution in [1.82, 2.24) is 25.3 Å². The normalized spacial score (nSPS) is 21.7. The number of fused-ring (bicyclic) bond motifs is 1. The van der Waals surface area contributed by atoms with Gasteiger partial charge in [-0.3, -0.25) is 14.6 Å². The molecule has 31 heavy (non-hydrogen) atoms. The number of aryl methyl sites for hydroxylation is 2. The molecule has 0 spiro atoms. The molecule has 2 amide bonds. The molecule has 0 radical (unpaired) electrons. The summed E-state index contributed by atoms with van der Waals surface area (Å²) in [6.45, 7) is 5.58. The molecule has 1 N–H and O–H groups in total. The van der Waals surface area contributed by atoms with Crippen molar-refractivity contribution in [3.63, 3.8) is 0 Å². The second-order valence-electron chi connectivity index (χ2n) is 8.21. The van der Waals surface area contributed by atoms with Crippen LogP contribution >= 0.6 is 0 Å². The smallest absolute Gasteiger partial charge is 0.291 e. The predicted molar refractivity (Wildman–Crippen MR) is 109 cm³/mol. The van der Waals surface area contributed by atoms with Crippen molar-refractivity contribution >= 4 is 11.8 Å². The van der Waals surface area contributed by atoms with Crippen molar-refractivity contribution in [1.29, 1.82) is 0 Å². The van der Waals surface area contributed by atoms with Crippen molar-refractivity contribution < 1.29 is 18.5 Å². The van der Waals surface area contributed by atoms with E-state index in [1.165, 1.54) is 0 Å². The molecule has 5 rings (SSSR count). The van der Waals surface area contributed by atoms with Gasteiger partial charge in [0.25, 0.3) is 11.8 Å². The van der Waals surface area contributed by atoms with Gasteiger partial charge in [0.05, 0.1) is 5.69 Å². The van der Waals surface area contributed by atoms with Crippen LogP contribution in [0.2, 0.25) is 0 Å². The van der Waals surface area contributed by atoms with Crippen LogP contribution in [0.25, 0.3) is 11.3 Å². The van der Waals surface area contributed by atoms with Gasteiger partial charge in [-0.05, 0) is 43.2 Å². The zero-order valence-corrected chi connectivity index (χ0v) is 17.4. The van der Waals surface area contributed by atoms with Gasteiger partial charge in [-0.25, -0.2) is 4.98 Å². The molecule has 2 fully saturated rings. The monoisotopic (exact) mass is 421 g/mol. The molecule has 1 unspecified atom stereocenters. The van der Waals surface area contributed by atoms with Gasteiger partial charge in [0, 0.05) is 50.6 Å². The Balaban J connectivity index is 1.08. The van der Waals surface area contributed by atoms with Gasteiger partial charge in [0.15, 0.2) is 17.3 Å². The number of nitrogens with one attached hydrogen (secondary N) is 1. The Labute approximate surface area is 178 Å². The Morgan fingerprint density at radius 3 is 2.74 bits per heavy atom. The molecule has 1 aliphatic heterocycles. The minimum absolute atomic E-state index is 0.0761. The van der Waals surface area contributed by atoms with Crippen LogP contribution in [0.1, 0.15) is 39.0 Å². The maximum atomic E-state index is 12.6. The van der Waals surface area contributed by atoms with Crippen molar-refractivity contribution in [3.05, 3.63) is 53.6 Å². The average molecular weight is 421 g/mol. The van der Waals surface area contributed by atoms with Crippen LogP contribution in [0.3, 0.4) is 0 Å². The van der Waals surface area contributed by atoms with Gasteiger partial charge < -0.3 is 19.2 Å². The molecule has 3 atom stereocenters. The number of oxazole rings is 1. The molecule has 2 aliphatic rings. The summed E-state index contributed by atoms with van der Waals surface area (Å²) in [5.41, 5.74) is 1.67. The predicted octanol–water partition coefficient (Wildman–Crippen LogP) is 2.48. The first-order chi connectivity index (χ1) is 15.0. The lowest BCUT2D eigenvalue weighted by atomic mass is 10.2. The fraction of sp³-hybridized carbons (Fsp3) is 0.409. The third kappa shape index (κ3) is 3.71. The van der Waals surface area contributed by atoms with E-state index in [9.17, 15) is 9.59 Å². The summed E-state index contributed by atoms with van der Waals surface area (Å²) in [5.74, 6) is 2.57. The topological polar surface area (TPSA) is 114 Å². The van der Waals surface area contributed by atoms with Crippen LogP contribution < -0.4 is 5.32 Å². The van der Waals surface area contributed by atoms with Crippen LogP contribution in [0.5, 0.6) is 0 Å². The lowest BCUT2D eigenvalue weighted by Gasteiger charge is -2.18. The van der Waals surface area contributed by atoms with Crippen LogP contribution in [-0.2, 0) is 0 Å². The lowest BCUT2D eigenvalue weighted by Crippen LogP contribution is -2.32. The third-order valence-corrected chi connectivity index (χ3v) is 6.21. The number of carbonyl (C=O) groups is 2. The SMILES string of the molecule is Cc1nc(C)c(C(=O)N2C[C@@H]3C(CCNC(=O)c4cc(-c5cccnc5)on4)[C@@H]3C2)o1. The van der Waals surface area contributed by atoms with E-state index in [0.717, 1.165) is 25.1 Å². The number of likely N-dealkylation sites (tertiary alicyclic amines) is 1. The largest absolute Gasteiger partial charge is 0.436 e. The molecule has 1 aliphatic carbocycles. The maximum Gasteiger partial charge on any atom is 0.291 e. The molecule has 3 aromatic heterocycles. The molecule has 9 nitrogen and oxygen atoms in total. The highest BCUT2D eigenvalue weighted by Crippen LogP contribution is 2.53. The molecule has 9 heteroatoms. The van der Waals surface area contributed by atoms with E-state index in [1.54, 1.807) is 38.4 Å². The van der Waals surface area contributed by atoms with Crippen LogP contribution in [0.4, 0.5) is 0 Å². The first kappa shape index (κ1) is 19.5. The van der Waals surface area contributed by atoms with E-state index in [-0.39, 0.29) is 17.5 Å². The molecule has 0 aromatic carbocycles. The Bertz CT molecular complexity index is 1110. The van der Waals surface area contributed by atoms with Crippen molar-refractivity contribution in [2.24, 2.45) is 17.8 Å². The standard InChI is InChI=1S/C22H23N5O4/c1-12-20(30-13(2)25-12)22(29)27-10-16-15(17(16)11-27)5-7-24-21(28)18-8-19(31-26-18)14-4-3-6-23-9-14/h3-4,6,8-9,15-17H,5,7,10-11H2,1-2H3,(H,24,28)/t15?,16-,17+. The number of nitrogens with zero attached hydrogens (tertiary/aromatic N) is 4. The Hall–Kier alpha value is -3.49. The fourth-order valence-electron chi connectivity index (χ4n) is 4.59. The van der Waals surface area contributed by atoms with E-state index in [0.29, 0.717) is 47.4 Å². The number of amides is 2. The van der Waals surface area contributed by atoms with Crippen LogP contribution in [0, 0.1) is 31.6 Å². The quantitative estimate of drug-likeness (QED) is 0.650. The molecule has 3 aromatic rings. The number of rotatable bonds is 6. The summed E-state index contributed by atoms with van der Waals surface area (Å²) in [7, 11) is 0. The van der Waals surface area contributed by atoms with Crippen molar-refractivity contribution in [3.8, 4) is 11.3 Å². The van der Waals surface area contributed by atoms with Gasteiger partial charge >= 0.3 is 0 Å². The number of hydrogen-bond acceptors (Lipinski definition) is 7. The highest BCUT2D eigenvalue weighted by molar-refractivity contribution is 5.93. The minimum Gasteiger partial charge on any atom is -0.436 e. The summed E-state index contributed by atoms with van der Waals surface area (Å²) in [6, 6.07) is 5.27. The number of aromatic nitrogens is 3. The molecule has 1 saturated heterocycles. The summed E-state index contributed by atoms with van der Waals surface area (Å²) in [6.07, 6.45) is 4.22. The molecular formula is C22H23N5O4. The van der Waals surface area contributed by atoms with Crippen molar-refractivity contribution in [2.45, 2.75) is 20.3 Å². The molecular weight excluding hydrogens is 398 g/mol. The fourth-order valence-corrected chi connectivity index (χ4v) is 4.59. The van der Waals surface area contributed by atoms with Gasteiger partial charge in [-0.1, -0.05) is 5.16 Å². The number of carbonyl (C=O) groups excluding carboxylic acids is 2. The maximum absolute atomic E-state index is 12.6. The summed E-state index contributed by atoms with van der Waals surface area (Å²) < 4.78 is 10.7. The second kappa shape index (κ2) is 7.64. The highest BCUT2D eigenvalue weighted by atomic mass is 16.5. The molecule has 160 valence electrons. The lowest BCUT2D eigenvalue weighted by molar-refractivity contribution is 0.0733. The minimum atomic E-state index is -0.252. The summed E-state index contributed by atoms with van der Waals surface area (Å²) in [4.78, 5) is 35.1. The van der Waals surface area contributed by atoms with Gasteiger partial charge in [0.2, 0.25) is 5.76 Å². The number of pyridine rings is 1. The van der Waals surface area contributed by atoms with E-state index in [4.69, 9.17) is 8.94 Å². The Morgan fingerprint density at radius 2 is 2.06 bits per heavy atom. The summed E-state index contributed by atoms with van der Waals surface area (Å²) in [5, 5.41) is 6.77. The second-order valence-corrected chi connectivity index (χ2v) is 8.21. The van der Waals surface area contributed by atoms with Gasteiger partial charge in [-0.2, -0.15) is 0 Å². The third-order valence-electron chi connectivity index (χ3n) is 6.21. The van der Waals surface area contributed by atoms with Crippen LogP contribution in [-0.4, -0.2) is 51.5 Å². The molecule has 0 bridgehead atoms. The molecule has 4 heterocycles. The zero-order valence-electron chi connectivity index (χ0n) is 17.4. The van der Waals surface area contributed by atoms with Gasteiger partial charge in [0.1, 0.15) is 0 Å². The average Bonchev–Trinajstić information content (AvgIpc) is 3.22. The first-order valence-electron chi connectivity index (χ1n) is 10.4. The number of hydrogen-bond donors (Lipinski definition) is 1. The Kier molecular flexibility index (Phi) is 4.80. The molecule has 1 saturated carbocycles. The van der Waals surface area contributed by atoms with E-state index < -0.39 is 0 Å². The number of piperidine rings is 1. The van der Waals surface area contributed by atoms with Gasteiger partial charge in [-0.15, -0.1) is 0 Å². The summed E-state index contributed by atoms with van der Waals surface area (Å²) >= 11 is 0. The van der Waals surface area contributed by atoms with E-state index in [1.807, 2.05) is 11.0 Å². The zero-order chi connectivity index (χ0) is 21.5. The van der Waals surface area contributed by atoms with Crippen LogP contribution in [0.15, 0.2) is 39.5 Å².